The highest BCUT2D eigenvalue weighted by Gasteiger charge is 2.24. The summed E-state index contributed by atoms with van der Waals surface area (Å²) in [5.74, 6) is 0.695. The first kappa shape index (κ1) is 13.4. The summed E-state index contributed by atoms with van der Waals surface area (Å²) in [6.45, 7) is 4.27. The summed E-state index contributed by atoms with van der Waals surface area (Å²) in [7, 11) is 0. The number of nitrogens with zero attached hydrogens (tertiary/aromatic N) is 1. The number of carbonyl (C=O) groups is 1. The molecule has 0 N–H and O–H groups in total. The minimum absolute atomic E-state index is 0.00838. The quantitative estimate of drug-likeness (QED) is 0.857. The molecule has 98 valence electrons. The molecule has 1 heterocycles. The van der Waals surface area contributed by atoms with E-state index < -0.39 is 6.10 Å². The first-order chi connectivity index (χ1) is 8.68. The van der Waals surface area contributed by atoms with Gasteiger partial charge in [0.1, 0.15) is 5.75 Å². The monoisotopic (exact) mass is 313 g/mol. The molecule has 1 saturated heterocycles. The summed E-state index contributed by atoms with van der Waals surface area (Å²) in [5, 5.41) is 0. The Bertz CT molecular complexity index is 418. The van der Waals surface area contributed by atoms with Gasteiger partial charge in [-0.2, -0.15) is 0 Å². The number of hydrogen-bond donors (Lipinski definition) is 0. The second-order valence-electron chi connectivity index (χ2n) is 4.13. The first-order valence-electron chi connectivity index (χ1n) is 5.96. The van der Waals surface area contributed by atoms with Crippen molar-refractivity contribution in [3.63, 3.8) is 0 Å². The Labute approximate surface area is 115 Å². The molecule has 0 unspecified atom stereocenters. The molecule has 1 aromatic carbocycles. The van der Waals surface area contributed by atoms with Gasteiger partial charge in [0.2, 0.25) is 0 Å². The highest BCUT2D eigenvalue weighted by molar-refractivity contribution is 9.10. The predicted octanol–water partition coefficient (Wildman–Crippen LogP) is 2.08. The summed E-state index contributed by atoms with van der Waals surface area (Å²) < 4.78 is 11.8. The van der Waals surface area contributed by atoms with Crippen LogP contribution in [0, 0.1) is 0 Å². The van der Waals surface area contributed by atoms with Crippen molar-refractivity contribution in [2.75, 3.05) is 26.3 Å². The van der Waals surface area contributed by atoms with Crippen LogP contribution in [0.4, 0.5) is 0 Å². The molecule has 0 radical (unpaired) electrons. The van der Waals surface area contributed by atoms with Gasteiger partial charge in [0.15, 0.2) is 6.10 Å². The van der Waals surface area contributed by atoms with Crippen molar-refractivity contribution in [3.8, 4) is 5.75 Å². The summed E-state index contributed by atoms with van der Waals surface area (Å²) in [5.41, 5.74) is 0. The Morgan fingerprint density at radius 2 is 2.06 bits per heavy atom. The lowest BCUT2D eigenvalue weighted by molar-refractivity contribution is -0.142. The molecule has 1 aliphatic heterocycles. The maximum absolute atomic E-state index is 12.1. The molecule has 1 aromatic rings. The smallest absolute Gasteiger partial charge is 0.263 e. The van der Waals surface area contributed by atoms with Crippen LogP contribution in [0.1, 0.15) is 6.92 Å². The number of benzene rings is 1. The predicted molar refractivity (Wildman–Crippen MR) is 71.6 cm³/mol. The zero-order valence-electron chi connectivity index (χ0n) is 10.3. The number of ether oxygens (including phenoxy) is 2. The molecule has 2 rings (SSSR count). The second kappa shape index (κ2) is 6.20. The normalized spacial score (nSPS) is 17.3. The van der Waals surface area contributed by atoms with Gasteiger partial charge in [-0.05, 0) is 35.0 Å². The van der Waals surface area contributed by atoms with E-state index in [1.165, 1.54) is 0 Å². The molecule has 0 bridgehead atoms. The van der Waals surface area contributed by atoms with Crippen molar-refractivity contribution in [3.05, 3.63) is 28.7 Å². The number of halogens is 1. The van der Waals surface area contributed by atoms with E-state index in [2.05, 4.69) is 15.9 Å². The van der Waals surface area contributed by atoms with Crippen LogP contribution in [-0.4, -0.2) is 43.2 Å². The van der Waals surface area contributed by atoms with E-state index in [1.54, 1.807) is 11.8 Å². The Morgan fingerprint density at radius 1 is 1.39 bits per heavy atom. The van der Waals surface area contributed by atoms with Gasteiger partial charge in [-0.3, -0.25) is 4.79 Å². The van der Waals surface area contributed by atoms with Crippen LogP contribution in [-0.2, 0) is 9.53 Å². The van der Waals surface area contributed by atoms with Crippen molar-refractivity contribution >= 4 is 21.8 Å². The standard InChI is InChI=1S/C13H16BrNO3/c1-10(13(16)15-6-8-17-9-7-15)18-12-5-3-2-4-11(12)14/h2-5,10H,6-9H2,1H3/t10-/m0/s1. The minimum Gasteiger partial charge on any atom is -0.480 e. The molecule has 1 fully saturated rings. The Kier molecular flexibility index (Phi) is 4.60. The first-order valence-corrected chi connectivity index (χ1v) is 6.75. The third-order valence-electron chi connectivity index (χ3n) is 2.81. The average molecular weight is 314 g/mol. The molecule has 0 aromatic heterocycles. The maximum Gasteiger partial charge on any atom is 0.263 e. The fourth-order valence-electron chi connectivity index (χ4n) is 1.82. The van der Waals surface area contributed by atoms with Crippen molar-refractivity contribution < 1.29 is 14.3 Å². The van der Waals surface area contributed by atoms with Gasteiger partial charge < -0.3 is 14.4 Å². The largest absolute Gasteiger partial charge is 0.480 e. The van der Waals surface area contributed by atoms with Crippen molar-refractivity contribution in [2.45, 2.75) is 13.0 Å². The zero-order chi connectivity index (χ0) is 13.0. The molecule has 1 atom stereocenters. The molecular weight excluding hydrogens is 298 g/mol. The molecule has 1 amide bonds. The number of amides is 1. The van der Waals surface area contributed by atoms with Crippen molar-refractivity contribution in [1.82, 2.24) is 4.90 Å². The molecule has 18 heavy (non-hydrogen) atoms. The lowest BCUT2D eigenvalue weighted by Gasteiger charge is -2.29. The Morgan fingerprint density at radius 3 is 2.72 bits per heavy atom. The van der Waals surface area contributed by atoms with Gasteiger partial charge in [-0.1, -0.05) is 12.1 Å². The maximum atomic E-state index is 12.1. The van der Waals surface area contributed by atoms with Gasteiger partial charge in [0.25, 0.3) is 5.91 Å². The Hall–Kier alpha value is -1.07. The lowest BCUT2D eigenvalue weighted by Crippen LogP contribution is -2.46. The number of rotatable bonds is 3. The summed E-state index contributed by atoms with van der Waals surface area (Å²) in [4.78, 5) is 13.9. The lowest BCUT2D eigenvalue weighted by atomic mass is 10.3. The van der Waals surface area contributed by atoms with Crippen LogP contribution >= 0.6 is 15.9 Å². The van der Waals surface area contributed by atoms with E-state index in [9.17, 15) is 4.79 Å². The molecule has 4 nitrogen and oxygen atoms in total. The van der Waals surface area contributed by atoms with E-state index in [4.69, 9.17) is 9.47 Å². The average Bonchev–Trinajstić information content (AvgIpc) is 2.41. The van der Waals surface area contributed by atoms with Gasteiger partial charge in [0.05, 0.1) is 17.7 Å². The third kappa shape index (κ3) is 3.23. The van der Waals surface area contributed by atoms with Crippen LogP contribution in [0.15, 0.2) is 28.7 Å². The van der Waals surface area contributed by atoms with Crippen LogP contribution in [0.25, 0.3) is 0 Å². The number of carbonyl (C=O) groups excluding carboxylic acids is 1. The molecular formula is C13H16BrNO3. The van der Waals surface area contributed by atoms with E-state index in [1.807, 2.05) is 24.3 Å². The molecule has 5 heteroatoms. The van der Waals surface area contributed by atoms with Crippen LogP contribution in [0.2, 0.25) is 0 Å². The van der Waals surface area contributed by atoms with Crippen LogP contribution in [0.5, 0.6) is 5.75 Å². The Balaban J connectivity index is 1.96. The molecule has 1 aliphatic rings. The van der Waals surface area contributed by atoms with Gasteiger partial charge in [-0.25, -0.2) is 0 Å². The van der Waals surface area contributed by atoms with Gasteiger partial charge in [-0.15, -0.1) is 0 Å². The summed E-state index contributed by atoms with van der Waals surface area (Å²) >= 11 is 3.40. The number of morpholine rings is 1. The molecule has 0 aliphatic carbocycles. The second-order valence-corrected chi connectivity index (χ2v) is 4.98. The highest BCUT2D eigenvalue weighted by atomic mass is 79.9. The van der Waals surface area contributed by atoms with E-state index in [-0.39, 0.29) is 5.91 Å². The summed E-state index contributed by atoms with van der Waals surface area (Å²) in [6, 6.07) is 7.52. The van der Waals surface area contributed by atoms with Crippen LogP contribution < -0.4 is 4.74 Å². The highest BCUT2D eigenvalue weighted by Crippen LogP contribution is 2.25. The van der Waals surface area contributed by atoms with Crippen molar-refractivity contribution in [1.29, 1.82) is 0 Å². The number of para-hydroxylation sites is 1. The van der Waals surface area contributed by atoms with E-state index in [0.717, 1.165) is 4.47 Å². The topological polar surface area (TPSA) is 38.8 Å². The summed E-state index contributed by atoms with van der Waals surface area (Å²) in [6.07, 6.45) is -0.484. The van der Waals surface area contributed by atoms with E-state index >= 15 is 0 Å². The van der Waals surface area contributed by atoms with E-state index in [0.29, 0.717) is 32.1 Å². The van der Waals surface area contributed by atoms with Crippen molar-refractivity contribution in [2.24, 2.45) is 0 Å². The third-order valence-corrected chi connectivity index (χ3v) is 3.47. The zero-order valence-corrected chi connectivity index (χ0v) is 11.9. The molecule has 0 spiro atoms. The fourth-order valence-corrected chi connectivity index (χ4v) is 2.20. The van der Waals surface area contributed by atoms with Gasteiger partial charge >= 0.3 is 0 Å². The fraction of sp³-hybridized carbons (Fsp3) is 0.462. The minimum atomic E-state index is -0.484. The molecule has 0 saturated carbocycles. The van der Waals surface area contributed by atoms with Gasteiger partial charge in [0, 0.05) is 13.1 Å². The number of hydrogen-bond acceptors (Lipinski definition) is 3. The van der Waals surface area contributed by atoms with Crippen LogP contribution in [0.3, 0.4) is 0 Å². The SMILES string of the molecule is C[C@H](Oc1ccccc1Br)C(=O)N1CCOCC1.